The third-order valence-corrected chi connectivity index (χ3v) is 3.55. The van der Waals surface area contributed by atoms with Crippen molar-refractivity contribution in [2.75, 3.05) is 10.6 Å². The number of aryl methyl sites for hydroxylation is 2. The van der Waals surface area contributed by atoms with E-state index >= 15 is 0 Å². The smallest absolute Gasteiger partial charge is 0.232 e. The molecule has 114 valence electrons. The summed E-state index contributed by atoms with van der Waals surface area (Å²) >= 11 is 0. The monoisotopic (exact) mass is 299 g/mol. The number of carbonyl (C=O) groups is 2. The van der Waals surface area contributed by atoms with Crippen LogP contribution < -0.4 is 10.6 Å². The van der Waals surface area contributed by atoms with E-state index < -0.39 is 5.92 Å². The molecule has 2 aromatic rings. The summed E-state index contributed by atoms with van der Waals surface area (Å²) in [5.74, 6) is -0.402. The van der Waals surface area contributed by atoms with Crippen LogP contribution in [0.2, 0.25) is 0 Å². The molecule has 0 spiro atoms. The molecule has 7 nitrogen and oxygen atoms in total. The summed E-state index contributed by atoms with van der Waals surface area (Å²) in [7, 11) is 0. The Morgan fingerprint density at radius 1 is 1.36 bits per heavy atom. The van der Waals surface area contributed by atoms with Crippen molar-refractivity contribution in [3.05, 3.63) is 35.7 Å². The molecule has 2 N–H and O–H groups in total. The Labute approximate surface area is 127 Å². The van der Waals surface area contributed by atoms with Crippen molar-refractivity contribution < 1.29 is 9.59 Å². The average molecular weight is 299 g/mol. The summed E-state index contributed by atoms with van der Waals surface area (Å²) in [6.45, 7) is 4.31. The standard InChI is InChI=1S/C15H17N5O2/c1-9-3-10(2)5-12(4-9)18-13(21)6-11-7-20-15(16-8-17-20)19-14(11)22/h3-5,8,11H,6-7H2,1-2H3,(H,18,21)(H,16,17,19,22)/t11-/m0/s1. The maximum absolute atomic E-state index is 12.2. The van der Waals surface area contributed by atoms with Gasteiger partial charge in [-0.15, -0.1) is 0 Å². The lowest BCUT2D eigenvalue weighted by atomic mass is 10.0. The average Bonchev–Trinajstić information content (AvgIpc) is 2.84. The largest absolute Gasteiger partial charge is 0.326 e. The molecule has 0 unspecified atom stereocenters. The molecule has 1 aliphatic rings. The van der Waals surface area contributed by atoms with Crippen LogP contribution in [0.15, 0.2) is 24.5 Å². The minimum absolute atomic E-state index is 0.109. The highest BCUT2D eigenvalue weighted by molar-refractivity contribution is 5.98. The van der Waals surface area contributed by atoms with Crippen LogP contribution in [0.1, 0.15) is 17.5 Å². The van der Waals surface area contributed by atoms with Crippen molar-refractivity contribution in [1.29, 1.82) is 0 Å². The molecule has 0 bridgehead atoms. The number of nitrogens with one attached hydrogen (secondary N) is 2. The molecule has 1 atom stereocenters. The van der Waals surface area contributed by atoms with Gasteiger partial charge < -0.3 is 5.32 Å². The topological polar surface area (TPSA) is 88.9 Å². The van der Waals surface area contributed by atoms with Crippen molar-refractivity contribution in [2.45, 2.75) is 26.8 Å². The number of aromatic nitrogens is 3. The number of fused-ring (bicyclic) bond motifs is 1. The van der Waals surface area contributed by atoms with Crippen LogP contribution in [0.4, 0.5) is 11.6 Å². The van der Waals surface area contributed by atoms with E-state index in [1.54, 1.807) is 4.68 Å². The van der Waals surface area contributed by atoms with Gasteiger partial charge in [-0.2, -0.15) is 10.1 Å². The van der Waals surface area contributed by atoms with Crippen LogP contribution in [-0.4, -0.2) is 26.6 Å². The second-order valence-corrected chi connectivity index (χ2v) is 5.58. The number of carbonyl (C=O) groups excluding carboxylic acids is 2. The second-order valence-electron chi connectivity index (χ2n) is 5.58. The van der Waals surface area contributed by atoms with Gasteiger partial charge in [-0.05, 0) is 37.1 Å². The quantitative estimate of drug-likeness (QED) is 0.898. The minimum Gasteiger partial charge on any atom is -0.326 e. The zero-order valence-electron chi connectivity index (χ0n) is 12.5. The molecule has 0 fully saturated rings. The summed E-state index contributed by atoms with van der Waals surface area (Å²) in [5.41, 5.74) is 2.91. The maximum atomic E-state index is 12.2. The maximum Gasteiger partial charge on any atom is 0.232 e. The van der Waals surface area contributed by atoms with E-state index in [1.807, 2.05) is 32.0 Å². The molecular formula is C15H17N5O2. The Balaban J connectivity index is 1.66. The van der Waals surface area contributed by atoms with Gasteiger partial charge in [-0.1, -0.05) is 6.07 Å². The molecule has 3 rings (SSSR count). The lowest BCUT2D eigenvalue weighted by molar-refractivity contribution is -0.125. The zero-order chi connectivity index (χ0) is 15.7. The SMILES string of the molecule is Cc1cc(C)cc(NC(=O)C[C@H]2Cn3ncnc3NC2=O)c1. The highest BCUT2D eigenvalue weighted by Gasteiger charge is 2.29. The number of anilines is 2. The van der Waals surface area contributed by atoms with Gasteiger partial charge in [0.2, 0.25) is 17.8 Å². The lowest BCUT2D eigenvalue weighted by Gasteiger charge is -2.21. The van der Waals surface area contributed by atoms with E-state index in [9.17, 15) is 9.59 Å². The summed E-state index contributed by atoms with van der Waals surface area (Å²) in [6.07, 6.45) is 1.49. The molecule has 0 aliphatic carbocycles. The van der Waals surface area contributed by atoms with Crippen molar-refractivity contribution >= 4 is 23.5 Å². The molecule has 1 aliphatic heterocycles. The normalized spacial score (nSPS) is 16.8. The number of hydrogen-bond acceptors (Lipinski definition) is 4. The first-order valence-electron chi connectivity index (χ1n) is 7.08. The number of benzene rings is 1. The van der Waals surface area contributed by atoms with E-state index in [4.69, 9.17) is 0 Å². The van der Waals surface area contributed by atoms with Crippen molar-refractivity contribution in [1.82, 2.24) is 14.8 Å². The fourth-order valence-electron chi connectivity index (χ4n) is 2.64. The first-order chi connectivity index (χ1) is 10.5. The highest BCUT2D eigenvalue weighted by Crippen LogP contribution is 2.19. The number of amides is 2. The Morgan fingerprint density at radius 3 is 2.82 bits per heavy atom. The zero-order valence-corrected chi connectivity index (χ0v) is 12.5. The van der Waals surface area contributed by atoms with Gasteiger partial charge in [0.05, 0.1) is 12.5 Å². The van der Waals surface area contributed by atoms with E-state index in [-0.39, 0.29) is 18.2 Å². The summed E-state index contributed by atoms with van der Waals surface area (Å²) < 4.78 is 1.59. The molecule has 0 saturated carbocycles. The van der Waals surface area contributed by atoms with Crippen LogP contribution in [-0.2, 0) is 16.1 Å². The highest BCUT2D eigenvalue weighted by atomic mass is 16.2. The predicted molar refractivity (Wildman–Crippen MR) is 81.3 cm³/mol. The Bertz CT molecular complexity index is 717. The van der Waals surface area contributed by atoms with Crippen LogP contribution in [0, 0.1) is 19.8 Å². The fraction of sp³-hybridized carbons (Fsp3) is 0.333. The number of nitrogens with zero attached hydrogens (tertiary/aromatic N) is 3. The Hall–Kier alpha value is -2.70. The predicted octanol–water partition coefficient (Wildman–Crippen LogP) is 1.49. The number of rotatable bonds is 3. The summed E-state index contributed by atoms with van der Waals surface area (Å²) in [6, 6.07) is 5.85. The molecule has 0 saturated heterocycles. The van der Waals surface area contributed by atoms with Crippen LogP contribution >= 0.6 is 0 Å². The molecule has 1 aromatic carbocycles. The van der Waals surface area contributed by atoms with Crippen molar-refractivity contribution in [3.63, 3.8) is 0 Å². The molecule has 1 aromatic heterocycles. The summed E-state index contributed by atoms with van der Waals surface area (Å²) in [4.78, 5) is 28.1. The summed E-state index contributed by atoms with van der Waals surface area (Å²) in [5, 5.41) is 9.51. The third-order valence-electron chi connectivity index (χ3n) is 3.55. The van der Waals surface area contributed by atoms with Crippen molar-refractivity contribution in [2.24, 2.45) is 5.92 Å². The van der Waals surface area contributed by atoms with E-state index in [2.05, 4.69) is 20.7 Å². The van der Waals surface area contributed by atoms with E-state index in [1.165, 1.54) is 6.33 Å². The van der Waals surface area contributed by atoms with Gasteiger partial charge in [0.25, 0.3) is 0 Å². The molecule has 22 heavy (non-hydrogen) atoms. The Morgan fingerprint density at radius 2 is 2.09 bits per heavy atom. The molecule has 2 amide bonds. The second kappa shape index (κ2) is 5.59. The molecule has 2 heterocycles. The fourth-order valence-corrected chi connectivity index (χ4v) is 2.64. The number of hydrogen-bond donors (Lipinski definition) is 2. The van der Waals surface area contributed by atoms with Crippen LogP contribution in [0.5, 0.6) is 0 Å². The Kier molecular flexibility index (Phi) is 3.62. The van der Waals surface area contributed by atoms with Crippen LogP contribution in [0.3, 0.4) is 0 Å². The first kappa shape index (κ1) is 14.2. The minimum atomic E-state index is -0.444. The van der Waals surface area contributed by atoms with Gasteiger partial charge in [-0.3, -0.25) is 14.9 Å². The van der Waals surface area contributed by atoms with E-state index in [0.717, 1.165) is 16.8 Å². The first-order valence-corrected chi connectivity index (χ1v) is 7.08. The van der Waals surface area contributed by atoms with Gasteiger partial charge in [0.15, 0.2) is 0 Å². The van der Waals surface area contributed by atoms with Crippen LogP contribution in [0.25, 0.3) is 0 Å². The lowest BCUT2D eigenvalue weighted by Crippen LogP contribution is -2.36. The van der Waals surface area contributed by atoms with Gasteiger partial charge in [0.1, 0.15) is 6.33 Å². The van der Waals surface area contributed by atoms with Gasteiger partial charge in [0, 0.05) is 12.1 Å². The molecule has 7 heteroatoms. The van der Waals surface area contributed by atoms with E-state index in [0.29, 0.717) is 12.5 Å². The van der Waals surface area contributed by atoms with Crippen molar-refractivity contribution in [3.8, 4) is 0 Å². The molecule has 0 radical (unpaired) electrons. The molecular weight excluding hydrogens is 282 g/mol. The third kappa shape index (κ3) is 2.98. The van der Waals surface area contributed by atoms with Gasteiger partial charge >= 0.3 is 0 Å². The van der Waals surface area contributed by atoms with Gasteiger partial charge in [-0.25, -0.2) is 4.68 Å².